The molecule has 1 heterocycles. The van der Waals surface area contributed by atoms with Crippen molar-refractivity contribution in [1.82, 2.24) is 5.43 Å². The van der Waals surface area contributed by atoms with Gasteiger partial charge in [-0.25, -0.2) is 5.43 Å². The minimum Gasteiger partial charge on any atom is -0.489 e. The molecular weight excluding hydrogens is 388 g/mol. The standard InChI is InChI=1S/C23H17ClN2O3/c24-19-8-11-21-18(12-19)13-22(29-21)23(27)26-25-14-16-6-9-20(10-7-16)28-15-17-4-2-1-3-5-17/h1-14H,15H2,(H,26,27)/b25-14+. The Balaban J connectivity index is 1.33. The molecule has 0 aliphatic heterocycles. The number of rotatable bonds is 6. The second-order valence-corrected chi connectivity index (χ2v) is 6.77. The molecule has 4 aromatic rings. The van der Waals surface area contributed by atoms with Gasteiger partial charge in [0.1, 0.15) is 17.9 Å². The lowest BCUT2D eigenvalue weighted by molar-refractivity contribution is 0.0929. The van der Waals surface area contributed by atoms with E-state index in [4.69, 9.17) is 20.8 Å². The van der Waals surface area contributed by atoms with E-state index in [9.17, 15) is 4.79 Å². The first-order valence-corrected chi connectivity index (χ1v) is 9.34. The molecule has 1 amide bonds. The highest BCUT2D eigenvalue weighted by Gasteiger charge is 2.11. The zero-order chi connectivity index (χ0) is 20.1. The normalized spacial score (nSPS) is 11.1. The Morgan fingerprint density at radius 3 is 2.62 bits per heavy atom. The Labute approximate surface area is 172 Å². The van der Waals surface area contributed by atoms with E-state index in [1.807, 2.05) is 54.6 Å². The van der Waals surface area contributed by atoms with Crippen molar-refractivity contribution in [3.8, 4) is 5.75 Å². The zero-order valence-electron chi connectivity index (χ0n) is 15.3. The molecule has 29 heavy (non-hydrogen) atoms. The van der Waals surface area contributed by atoms with Crippen LogP contribution in [0, 0.1) is 0 Å². The number of halogens is 1. The molecular formula is C23H17ClN2O3. The number of carbonyl (C=O) groups excluding carboxylic acids is 1. The largest absolute Gasteiger partial charge is 0.489 e. The lowest BCUT2D eigenvalue weighted by Gasteiger charge is -2.06. The molecule has 0 fully saturated rings. The van der Waals surface area contributed by atoms with Crippen molar-refractivity contribution >= 4 is 34.7 Å². The SMILES string of the molecule is O=C(N/N=C/c1ccc(OCc2ccccc2)cc1)c1cc2cc(Cl)ccc2o1. The van der Waals surface area contributed by atoms with Crippen LogP contribution in [0.1, 0.15) is 21.7 Å². The maximum atomic E-state index is 12.2. The zero-order valence-corrected chi connectivity index (χ0v) is 16.1. The van der Waals surface area contributed by atoms with E-state index < -0.39 is 5.91 Å². The molecule has 6 heteroatoms. The van der Waals surface area contributed by atoms with Crippen LogP contribution in [0.3, 0.4) is 0 Å². The van der Waals surface area contributed by atoms with Crippen LogP contribution in [0.25, 0.3) is 11.0 Å². The van der Waals surface area contributed by atoms with Crippen LogP contribution in [0.2, 0.25) is 5.02 Å². The van der Waals surface area contributed by atoms with Gasteiger partial charge in [0.25, 0.3) is 0 Å². The quantitative estimate of drug-likeness (QED) is 0.344. The number of hydrogen-bond donors (Lipinski definition) is 1. The smallest absolute Gasteiger partial charge is 0.307 e. The summed E-state index contributed by atoms with van der Waals surface area (Å²) in [6, 6.07) is 24.2. The number of fused-ring (bicyclic) bond motifs is 1. The van der Waals surface area contributed by atoms with Gasteiger partial charge in [-0.05, 0) is 59.7 Å². The summed E-state index contributed by atoms with van der Waals surface area (Å²) in [7, 11) is 0. The van der Waals surface area contributed by atoms with Gasteiger partial charge in [-0.3, -0.25) is 4.79 Å². The molecule has 5 nitrogen and oxygen atoms in total. The number of hydrogen-bond acceptors (Lipinski definition) is 4. The molecule has 0 radical (unpaired) electrons. The summed E-state index contributed by atoms with van der Waals surface area (Å²) in [5.74, 6) is 0.497. The van der Waals surface area contributed by atoms with Crippen molar-refractivity contribution in [3.05, 3.63) is 101 Å². The molecule has 0 atom stereocenters. The highest BCUT2D eigenvalue weighted by atomic mass is 35.5. The molecule has 0 saturated carbocycles. The lowest BCUT2D eigenvalue weighted by Crippen LogP contribution is -2.16. The first-order chi connectivity index (χ1) is 14.2. The summed E-state index contributed by atoms with van der Waals surface area (Å²) in [5.41, 5.74) is 4.98. The first kappa shape index (κ1) is 18.8. The average molecular weight is 405 g/mol. The summed E-state index contributed by atoms with van der Waals surface area (Å²) in [6.07, 6.45) is 1.55. The third-order valence-electron chi connectivity index (χ3n) is 4.21. The highest BCUT2D eigenvalue weighted by molar-refractivity contribution is 6.31. The van der Waals surface area contributed by atoms with Gasteiger partial charge in [-0.1, -0.05) is 41.9 Å². The third-order valence-corrected chi connectivity index (χ3v) is 4.45. The Bertz CT molecular complexity index is 1150. The van der Waals surface area contributed by atoms with Crippen molar-refractivity contribution in [2.24, 2.45) is 5.10 Å². The molecule has 0 bridgehead atoms. The van der Waals surface area contributed by atoms with E-state index in [2.05, 4.69) is 10.5 Å². The lowest BCUT2D eigenvalue weighted by atomic mass is 10.2. The summed E-state index contributed by atoms with van der Waals surface area (Å²) in [4.78, 5) is 12.2. The van der Waals surface area contributed by atoms with Crippen molar-refractivity contribution in [2.45, 2.75) is 6.61 Å². The van der Waals surface area contributed by atoms with Crippen molar-refractivity contribution < 1.29 is 13.9 Å². The van der Waals surface area contributed by atoms with Crippen LogP contribution in [0.15, 0.2) is 88.4 Å². The van der Waals surface area contributed by atoms with Gasteiger partial charge in [0.05, 0.1) is 6.21 Å². The predicted octanol–water partition coefficient (Wildman–Crippen LogP) is 5.43. The molecule has 4 rings (SSSR count). The first-order valence-electron chi connectivity index (χ1n) is 8.97. The summed E-state index contributed by atoms with van der Waals surface area (Å²) < 4.78 is 11.3. The molecule has 0 unspecified atom stereocenters. The Hall–Kier alpha value is -3.57. The van der Waals surface area contributed by atoms with Gasteiger partial charge >= 0.3 is 5.91 Å². The monoisotopic (exact) mass is 404 g/mol. The van der Waals surface area contributed by atoms with E-state index >= 15 is 0 Å². The molecule has 0 saturated heterocycles. The fourth-order valence-electron chi connectivity index (χ4n) is 2.74. The van der Waals surface area contributed by atoms with E-state index in [-0.39, 0.29) is 5.76 Å². The van der Waals surface area contributed by atoms with Gasteiger partial charge in [-0.15, -0.1) is 0 Å². The Morgan fingerprint density at radius 2 is 1.83 bits per heavy atom. The molecule has 3 aromatic carbocycles. The number of furan rings is 1. The van der Waals surface area contributed by atoms with Gasteiger partial charge in [-0.2, -0.15) is 5.10 Å². The van der Waals surface area contributed by atoms with Crippen LogP contribution in [-0.2, 0) is 6.61 Å². The van der Waals surface area contributed by atoms with E-state index in [1.165, 1.54) is 0 Å². The van der Waals surface area contributed by atoms with Crippen LogP contribution in [-0.4, -0.2) is 12.1 Å². The van der Waals surface area contributed by atoms with E-state index in [0.717, 1.165) is 22.3 Å². The van der Waals surface area contributed by atoms with Crippen LogP contribution in [0.4, 0.5) is 0 Å². The highest BCUT2D eigenvalue weighted by Crippen LogP contribution is 2.23. The van der Waals surface area contributed by atoms with Crippen LogP contribution < -0.4 is 10.2 Å². The number of nitrogens with zero attached hydrogens (tertiary/aromatic N) is 1. The number of ether oxygens (including phenoxy) is 1. The van der Waals surface area contributed by atoms with Gasteiger partial charge in [0.2, 0.25) is 0 Å². The molecule has 0 aliphatic carbocycles. The Morgan fingerprint density at radius 1 is 1.03 bits per heavy atom. The average Bonchev–Trinajstić information content (AvgIpc) is 3.17. The van der Waals surface area contributed by atoms with Crippen molar-refractivity contribution in [1.29, 1.82) is 0 Å². The molecule has 0 spiro atoms. The van der Waals surface area contributed by atoms with Gasteiger partial charge < -0.3 is 9.15 Å². The summed E-state index contributed by atoms with van der Waals surface area (Å²) >= 11 is 5.95. The number of hydrazone groups is 1. The van der Waals surface area contributed by atoms with Gasteiger partial charge in [0, 0.05) is 10.4 Å². The second kappa shape index (κ2) is 8.63. The minimum absolute atomic E-state index is 0.170. The molecule has 1 N–H and O–H groups in total. The molecule has 1 aromatic heterocycles. The molecule has 0 aliphatic rings. The summed E-state index contributed by atoms with van der Waals surface area (Å²) in [6.45, 7) is 0.507. The second-order valence-electron chi connectivity index (χ2n) is 6.34. The van der Waals surface area contributed by atoms with E-state index in [1.54, 1.807) is 30.5 Å². The van der Waals surface area contributed by atoms with Crippen LogP contribution in [0.5, 0.6) is 5.75 Å². The van der Waals surface area contributed by atoms with Gasteiger partial charge in [0.15, 0.2) is 5.76 Å². The third kappa shape index (κ3) is 4.83. The minimum atomic E-state index is -0.434. The fraction of sp³-hybridized carbons (Fsp3) is 0.0435. The number of amides is 1. The Kier molecular flexibility index (Phi) is 5.59. The topological polar surface area (TPSA) is 63.8 Å². The predicted molar refractivity (Wildman–Crippen MR) is 114 cm³/mol. The fourth-order valence-corrected chi connectivity index (χ4v) is 2.92. The van der Waals surface area contributed by atoms with E-state index in [0.29, 0.717) is 17.2 Å². The molecule has 144 valence electrons. The maximum absolute atomic E-state index is 12.2. The number of nitrogens with one attached hydrogen (secondary N) is 1. The van der Waals surface area contributed by atoms with Crippen molar-refractivity contribution in [2.75, 3.05) is 0 Å². The maximum Gasteiger partial charge on any atom is 0.307 e. The van der Waals surface area contributed by atoms with Crippen LogP contribution >= 0.6 is 11.6 Å². The summed E-state index contributed by atoms with van der Waals surface area (Å²) in [5, 5.41) is 5.32. The number of carbonyl (C=O) groups is 1. The number of benzene rings is 3. The van der Waals surface area contributed by atoms with Crippen molar-refractivity contribution in [3.63, 3.8) is 0 Å².